The largest absolute Gasteiger partial charge is 0.493 e. The van der Waals surface area contributed by atoms with E-state index >= 15 is 0 Å². The summed E-state index contributed by atoms with van der Waals surface area (Å²) >= 11 is 0. The summed E-state index contributed by atoms with van der Waals surface area (Å²) in [6, 6.07) is 6.59. The second-order valence-corrected chi connectivity index (χ2v) is 9.19. The molecule has 41 heavy (non-hydrogen) atoms. The van der Waals surface area contributed by atoms with E-state index in [1.165, 1.54) is 48.7 Å². The molecule has 2 aromatic rings. The molecular formula is C30H41NO10. The van der Waals surface area contributed by atoms with E-state index in [1.807, 2.05) is 14.0 Å². The first-order valence-electron chi connectivity index (χ1n) is 13.0. The maximum Gasteiger partial charge on any atom is 0.338 e. The minimum Gasteiger partial charge on any atom is -0.493 e. The molecule has 11 heteroatoms. The molecule has 0 heterocycles. The van der Waals surface area contributed by atoms with Gasteiger partial charge in [-0.15, -0.1) is 0 Å². The summed E-state index contributed by atoms with van der Waals surface area (Å²) in [5, 5.41) is 0. The normalized spacial score (nSPS) is 11.6. The summed E-state index contributed by atoms with van der Waals surface area (Å²) in [7, 11) is 11.0. The van der Waals surface area contributed by atoms with Gasteiger partial charge >= 0.3 is 11.9 Å². The van der Waals surface area contributed by atoms with Gasteiger partial charge in [0.25, 0.3) is 0 Å². The topological polar surface area (TPSA) is 111 Å². The third kappa shape index (κ3) is 9.78. The maximum absolute atomic E-state index is 12.5. The molecule has 0 N–H and O–H groups in total. The van der Waals surface area contributed by atoms with Gasteiger partial charge < -0.3 is 42.8 Å². The summed E-state index contributed by atoms with van der Waals surface area (Å²) in [5.74, 6) is 1.79. The first-order valence-corrected chi connectivity index (χ1v) is 13.0. The van der Waals surface area contributed by atoms with Gasteiger partial charge in [-0.3, -0.25) is 0 Å². The molecule has 226 valence electrons. The molecule has 0 aliphatic rings. The number of esters is 2. The molecule has 0 saturated heterocycles. The molecule has 0 saturated carbocycles. The van der Waals surface area contributed by atoms with Crippen LogP contribution >= 0.6 is 0 Å². The summed E-state index contributed by atoms with van der Waals surface area (Å²) in [5.41, 5.74) is 1.01. The lowest BCUT2D eigenvalue weighted by Gasteiger charge is -2.21. The van der Waals surface area contributed by atoms with Gasteiger partial charge in [0.05, 0.1) is 61.4 Å². The smallest absolute Gasteiger partial charge is 0.338 e. The Kier molecular flexibility index (Phi) is 13.6. The van der Waals surface area contributed by atoms with E-state index in [2.05, 4.69) is 4.90 Å². The van der Waals surface area contributed by atoms with Gasteiger partial charge in [0.15, 0.2) is 23.0 Å². The maximum atomic E-state index is 12.5. The first-order chi connectivity index (χ1) is 19.7. The number of hydrogen-bond acceptors (Lipinski definition) is 11. The molecule has 0 aromatic heterocycles. The van der Waals surface area contributed by atoms with Crippen molar-refractivity contribution < 1.29 is 47.5 Å². The zero-order valence-corrected chi connectivity index (χ0v) is 25.1. The van der Waals surface area contributed by atoms with Crippen LogP contribution in [-0.4, -0.2) is 92.8 Å². The number of ether oxygens (including phenoxy) is 8. The summed E-state index contributed by atoms with van der Waals surface area (Å²) in [6.07, 6.45) is 3.62. The van der Waals surface area contributed by atoms with Crippen molar-refractivity contribution in [2.24, 2.45) is 5.92 Å². The Labute approximate surface area is 241 Å². The van der Waals surface area contributed by atoms with E-state index in [0.29, 0.717) is 65.1 Å². The van der Waals surface area contributed by atoms with Crippen LogP contribution in [0.4, 0.5) is 0 Å². The molecule has 2 rings (SSSR count). The lowest BCUT2D eigenvalue weighted by Crippen LogP contribution is -2.29. The molecule has 0 aliphatic heterocycles. The molecule has 0 spiro atoms. The lowest BCUT2D eigenvalue weighted by atomic mass is 10.1. The van der Waals surface area contributed by atoms with Crippen molar-refractivity contribution in [2.75, 3.05) is 76.0 Å². The van der Waals surface area contributed by atoms with Gasteiger partial charge in [0.1, 0.15) is 0 Å². The van der Waals surface area contributed by atoms with Gasteiger partial charge in [-0.2, -0.15) is 0 Å². The highest BCUT2D eigenvalue weighted by molar-refractivity contribution is 5.91. The lowest BCUT2D eigenvalue weighted by molar-refractivity contribution is -0.139. The van der Waals surface area contributed by atoms with Gasteiger partial charge in [0.2, 0.25) is 11.5 Å². The van der Waals surface area contributed by atoms with E-state index < -0.39 is 11.9 Å². The van der Waals surface area contributed by atoms with Crippen LogP contribution in [0.15, 0.2) is 30.3 Å². The summed E-state index contributed by atoms with van der Waals surface area (Å²) in [6.45, 7) is 3.90. The highest BCUT2D eigenvalue weighted by Gasteiger charge is 2.18. The molecule has 1 atom stereocenters. The fraction of sp³-hybridized carbons (Fsp3) is 0.467. The average Bonchev–Trinajstić information content (AvgIpc) is 2.99. The fourth-order valence-corrected chi connectivity index (χ4v) is 4.09. The minimum absolute atomic E-state index is 0.0975. The number of methoxy groups -OCH3 is 6. The molecule has 0 fully saturated rings. The SMILES string of the molecule is COc1cc(/C=C/C(=O)OC[C@@H](C)CN(C)CCCOC(=O)c2cc(OC)c(OC)c(OC)c2)cc(OC)c1OC. The number of rotatable bonds is 17. The molecular weight excluding hydrogens is 534 g/mol. The monoisotopic (exact) mass is 575 g/mol. The number of carbonyl (C=O) groups is 2. The summed E-state index contributed by atoms with van der Waals surface area (Å²) < 4.78 is 42.7. The number of nitrogens with zero attached hydrogens (tertiary/aromatic N) is 1. The van der Waals surface area contributed by atoms with Crippen LogP contribution in [0.25, 0.3) is 6.08 Å². The number of carbonyl (C=O) groups excluding carboxylic acids is 2. The van der Waals surface area contributed by atoms with Crippen molar-refractivity contribution in [3.63, 3.8) is 0 Å². The molecule has 2 aromatic carbocycles. The summed E-state index contributed by atoms with van der Waals surface area (Å²) in [4.78, 5) is 26.9. The standard InChI is InChI=1S/C30H41NO10/c1-20(19-41-27(32)11-10-21-14-23(34-3)28(38-7)24(15-21)35-4)18-31(2)12-9-13-40-30(33)22-16-25(36-5)29(39-8)26(17-22)37-6/h10-11,14-17,20H,9,12-13,18-19H2,1-8H3/b11-10+/t20-/m0/s1. The van der Waals surface area contributed by atoms with Crippen LogP contribution in [0.5, 0.6) is 34.5 Å². The van der Waals surface area contributed by atoms with Crippen molar-refractivity contribution in [1.29, 1.82) is 0 Å². The van der Waals surface area contributed by atoms with E-state index in [0.717, 1.165) is 0 Å². The third-order valence-corrected chi connectivity index (χ3v) is 6.05. The Bertz CT molecular complexity index is 1130. The van der Waals surface area contributed by atoms with E-state index in [4.69, 9.17) is 37.9 Å². The zero-order valence-electron chi connectivity index (χ0n) is 25.1. The van der Waals surface area contributed by atoms with Crippen molar-refractivity contribution in [2.45, 2.75) is 13.3 Å². The van der Waals surface area contributed by atoms with Gasteiger partial charge in [-0.05, 0) is 49.4 Å². The molecule has 0 aliphatic carbocycles. The molecule has 0 unspecified atom stereocenters. The van der Waals surface area contributed by atoms with E-state index in [1.54, 1.807) is 30.3 Å². The Hall–Kier alpha value is -4.12. The zero-order chi connectivity index (χ0) is 30.4. The number of benzene rings is 2. The Morgan fingerprint density at radius 1 is 0.780 bits per heavy atom. The predicted octanol–water partition coefficient (Wildman–Crippen LogP) is 4.11. The molecule has 11 nitrogen and oxygen atoms in total. The Balaban J connectivity index is 1.76. The third-order valence-electron chi connectivity index (χ3n) is 6.05. The molecule has 0 bridgehead atoms. The van der Waals surface area contributed by atoms with Crippen molar-refractivity contribution in [1.82, 2.24) is 4.90 Å². The number of hydrogen-bond donors (Lipinski definition) is 0. The Morgan fingerprint density at radius 3 is 1.78 bits per heavy atom. The highest BCUT2D eigenvalue weighted by atomic mass is 16.5. The van der Waals surface area contributed by atoms with Crippen LogP contribution < -0.4 is 28.4 Å². The minimum atomic E-state index is -0.480. The van der Waals surface area contributed by atoms with Gasteiger partial charge in [-0.25, -0.2) is 9.59 Å². The van der Waals surface area contributed by atoms with Gasteiger partial charge in [-0.1, -0.05) is 6.92 Å². The van der Waals surface area contributed by atoms with Crippen LogP contribution in [-0.2, 0) is 14.3 Å². The van der Waals surface area contributed by atoms with Crippen LogP contribution in [0.2, 0.25) is 0 Å². The molecule has 0 radical (unpaired) electrons. The van der Waals surface area contributed by atoms with Crippen LogP contribution in [0, 0.1) is 5.92 Å². The second kappa shape index (κ2) is 16.9. The van der Waals surface area contributed by atoms with Crippen molar-refractivity contribution in [3.8, 4) is 34.5 Å². The first kappa shape index (κ1) is 33.1. The second-order valence-electron chi connectivity index (χ2n) is 9.19. The molecule has 0 amide bonds. The quantitative estimate of drug-likeness (QED) is 0.154. The van der Waals surface area contributed by atoms with Gasteiger partial charge in [0, 0.05) is 25.1 Å². The van der Waals surface area contributed by atoms with Crippen LogP contribution in [0.1, 0.15) is 29.3 Å². The van der Waals surface area contributed by atoms with Crippen molar-refractivity contribution in [3.05, 3.63) is 41.5 Å². The van der Waals surface area contributed by atoms with Crippen LogP contribution in [0.3, 0.4) is 0 Å². The predicted molar refractivity (Wildman–Crippen MR) is 154 cm³/mol. The average molecular weight is 576 g/mol. The van der Waals surface area contributed by atoms with E-state index in [9.17, 15) is 9.59 Å². The Morgan fingerprint density at radius 2 is 1.29 bits per heavy atom. The fourth-order valence-electron chi connectivity index (χ4n) is 4.09. The highest BCUT2D eigenvalue weighted by Crippen LogP contribution is 2.39. The van der Waals surface area contributed by atoms with Crippen molar-refractivity contribution >= 4 is 18.0 Å². The van der Waals surface area contributed by atoms with E-state index in [-0.39, 0.29) is 19.1 Å².